The first-order valence-corrected chi connectivity index (χ1v) is 9.35. The van der Waals surface area contributed by atoms with Crippen LogP contribution in [-0.2, 0) is 0 Å². The second kappa shape index (κ2) is 6.19. The summed E-state index contributed by atoms with van der Waals surface area (Å²) in [6.45, 7) is 2.80. The van der Waals surface area contributed by atoms with Crippen molar-refractivity contribution >= 4 is 22.7 Å². The van der Waals surface area contributed by atoms with Crippen molar-refractivity contribution in [1.82, 2.24) is 9.88 Å². The molecule has 0 amide bonds. The highest BCUT2D eigenvalue weighted by atomic mass is 32.1. The summed E-state index contributed by atoms with van der Waals surface area (Å²) in [6, 6.07) is 7.61. The summed E-state index contributed by atoms with van der Waals surface area (Å²) in [4.78, 5) is 6.67. The number of methoxy groups -OCH3 is 1. The molecule has 1 atom stereocenters. The topological polar surface area (TPSA) is 69.4 Å². The number of aliphatic hydroxyl groups is 1. The van der Waals surface area contributed by atoms with Gasteiger partial charge in [-0.15, -0.1) is 11.3 Å². The van der Waals surface area contributed by atoms with E-state index in [2.05, 4.69) is 4.98 Å². The predicted molar refractivity (Wildman–Crippen MR) is 100 cm³/mol. The zero-order valence-corrected chi connectivity index (χ0v) is 15.1. The summed E-state index contributed by atoms with van der Waals surface area (Å²) in [5.74, 6) is 2.10. The van der Waals surface area contributed by atoms with Crippen LogP contribution in [0.5, 0.6) is 5.75 Å². The van der Waals surface area contributed by atoms with Crippen molar-refractivity contribution in [1.29, 1.82) is 5.41 Å². The van der Waals surface area contributed by atoms with Crippen LogP contribution in [0.2, 0.25) is 0 Å². The highest BCUT2D eigenvalue weighted by molar-refractivity contribution is 7.11. The van der Waals surface area contributed by atoms with Gasteiger partial charge in [-0.2, -0.15) is 0 Å². The Balaban J connectivity index is 1.63. The number of hydrogen-bond donors (Lipinski definition) is 2. The van der Waals surface area contributed by atoms with Crippen molar-refractivity contribution in [3.8, 4) is 17.0 Å². The standard InChI is InChI=1S/C19H21N3O2S/c1-11-17(23)16(18(20)22(11)9-12-6-7-12)19-21-15(10-25-19)13-4-3-5-14(8-13)24-2/h3-5,8,10-12,20,23H,6-7,9H2,1-2H3. The molecule has 0 saturated heterocycles. The van der Waals surface area contributed by atoms with E-state index in [1.165, 1.54) is 24.2 Å². The largest absolute Gasteiger partial charge is 0.509 e. The molecule has 2 aromatic rings. The number of nitrogens with one attached hydrogen (secondary N) is 1. The molecule has 0 spiro atoms. The molecule has 6 heteroatoms. The minimum atomic E-state index is -0.146. The number of benzene rings is 1. The van der Waals surface area contributed by atoms with Gasteiger partial charge in [-0.3, -0.25) is 5.41 Å². The van der Waals surface area contributed by atoms with Crippen LogP contribution in [0.4, 0.5) is 0 Å². The lowest BCUT2D eigenvalue weighted by Crippen LogP contribution is -2.35. The molecule has 1 aliphatic carbocycles. The van der Waals surface area contributed by atoms with E-state index in [-0.39, 0.29) is 11.8 Å². The number of aliphatic hydroxyl groups excluding tert-OH is 1. The monoisotopic (exact) mass is 355 g/mol. The van der Waals surface area contributed by atoms with Crippen LogP contribution in [0.3, 0.4) is 0 Å². The number of rotatable bonds is 5. The smallest absolute Gasteiger partial charge is 0.135 e. The van der Waals surface area contributed by atoms with Crippen LogP contribution in [0.1, 0.15) is 24.8 Å². The Morgan fingerprint density at radius 3 is 2.92 bits per heavy atom. The Bertz CT molecular complexity index is 854. The number of ether oxygens (including phenoxy) is 1. The van der Waals surface area contributed by atoms with Crippen molar-refractivity contribution in [3.63, 3.8) is 0 Å². The molecule has 1 aromatic carbocycles. The first kappa shape index (κ1) is 16.1. The van der Waals surface area contributed by atoms with Crippen molar-refractivity contribution in [2.45, 2.75) is 25.8 Å². The SMILES string of the molecule is COc1cccc(-c2csc(C3=C(O)C(C)N(CC4CC4)C3=N)n2)c1. The van der Waals surface area contributed by atoms with Gasteiger partial charge < -0.3 is 14.7 Å². The third kappa shape index (κ3) is 2.91. The summed E-state index contributed by atoms with van der Waals surface area (Å²) >= 11 is 1.46. The van der Waals surface area contributed by atoms with E-state index < -0.39 is 0 Å². The van der Waals surface area contributed by atoms with E-state index in [1.807, 2.05) is 41.5 Å². The normalized spacial score (nSPS) is 20.5. The molecule has 1 aliphatic heterocycles. The Morgan fingerprint density at radius 2 is 2.20 bits per heavy atom. The number of thiazole rings is 1. The van der Waals surface area contributed by atoms with E-state index in [4.69, 9.17) is 10.1 Å². The molecule has 130 valence electrons. The highest BCUT2D eigenvalue weighted by Crippen LogP contribution is 2.38. The molecule has 2 N–H and O–H groups in total. The summed E-state index contributed by atoms with van der Waals surface area (Å²) < 4.78 is 5.27. The molecule has 1 aromatic heterocycles. The minimum absolute atomic E-state index is 0.146. The van der Waals surface area contributed by atoms with Gasteiger partial charge >= 0.3 is 0 Å². The molecular formula is C19H21N3O2S. The molecule has 0 bridgehead atoms. The van der Waals surface area contributed by atoms with Crippen LogP contribution < -0.4 is 4.74 Å². The van der Waals surface area contributed by atoms with Crippen LogP contribution in [0.15, 0.2) is 35.4 Å². The fraction of sp³-hybridized carbons (Fsp3) is 0.368. The Morgan fingerprint density at radius 1 is 1.40 bits per heavy atom. The van der Waals surface area contributed by atoms with Crippen molar-refractivity contribution in [3.05, 3.63) is 40.4 Å². The average Bonchev–Trinajstić information content (AvgIpc) is 3.28. The number of nitrogens with zero attached hydrogens (tertiary/aromatic N) is 2. The van der Waals surface area contributed by atoms with Gasteiger partial charge in [0.15, 0.2) is 0 Å². The van der Waals surface area contributed by atoms with Crippen molar-refractivity contribution < 1.29 is 9.84 Å². The lowest BCUT2D eigenvalue weighted by atomic mass is 10.1. The lowest BCUT2D eigenvalue weighted by molar-refractivity contribution is 0.279. The van der Waals surface area contributed by atoms with Crippen LogP contribution in [0, 0.1) is 11.3 Å². The maximum atomic E-state index is 10.6. The molecule has 1 unspecified atom stereocenters. The fourth-order valence-electron chi connectivity index (χ4n) is 3.16. The van der Waals surface area contributed by atoms with E-state index in [0.717, 1.165) is 23.6 Å². The van der Waals surface area contributed by atoms with Gasteiger partial charge in [0.2, 0.25) is 0 Å². The highest BCUT2D eigenvalue weighted by Gasteiger charge is 2.38. The van der Waals surface area contributed by atoms with Gasteiger partial charge in [0.05, 0.1) is 24.4 Å². The third-order valence-corrected chi connectivity index (χ3v) is 5.74. The predicted octanol–water partition coefficient (Wildman–Crippen LogP) is 4.18. The Kier molecular flexibility index (Phi) is 4.00. The van der Waals surface area contributed by atoms with E-state index >= 15 is 0 Å². The molecule has 1 fully saturated rings. The summed E-state index contributed by atoms with van der Waals surface area (Å²) in [7, 11) is 1.64. The first-order chi connectivity index (χ1) is 12.1. The number of aromatic nitrogens is 1. The van der Waals surface area contributed by atoms with E-state index in [1.54, 1.807) is 7.11 Å². The minimum Gasteiger partial charge on any atom is -0.509 e. The molecule has 4 rings (SSSR count). The van der Waals surface area contributed by atoms with E-state index in [9.17, 15) is 5.11 Å². The average molecular weight is 355 g/mol. The zero-order chi connectivity index (χ0) is 17.6. The lowest BCUT2D eigenvalue weighted by Gasteiger charge is -2.23. The van der Waals surface area contributed by atoms with Gasteiger partial charge in [-0.05, 0) is 37.8 Å². The van der Waals surface area contributed by atoms with Crippen molar-refractivity contribution in [2.24, 2.45) is 5.92 Å². The molecule has 2 heterocycles. The second-order valence-electron chi connectivity index (χ2n) is 6.65. The number of hydrogen-bond acceptors (Lipinski definition) is 5. The second-order valence-corrected chi connectivity index (χ2v) is 7.51. The third-order valence-electron chi connectivity index (χ3n) is 4.88. The summed E-state index contributed by atoms with van der Waals surface area (Å²) in [5.41, 5.74) is 2.38. The number of amidine groups is 1. The molecule has 2 aliphatic rings. The quantitative estimate of drug-likeness (QED) is 0.844. The van der Waals surface area contributed by atoms with Gasteiger partial charge in [0.25, 0.3) is 0 Å². The zero-order valence-electron chi connectivity index (χ0n) is 14.3. The molecule has 1 saturated carbocycles. The maximum Gasteiger partial charge on any atom is 0.135 e. The molecule has 0 radical (unpaired) electrons. The first-order valence-electron chi connectivity index (χ1n) is 8.47. The fourth-order valence-corrected chi connectivity index (χ4v) is 4.04. The maximum absolute atomic E-state index is 10.6. The van der Waals surface area contributed by atoms with Gasteiger partial charge in [0, 0.05) is 17.5 Å². The van der Waals surface area contributed by atoms with Gasteiger partial charge in [0.1, 0.15) is 22.4 Å². The van der Waals surface area contributed by atoms with Crippen molar-refractivity contribution in [2.75, 3.05) is 13.7 Å². The van der Waals surface area contributed by atoms with Crippen LogP contribution in [0.25, 0.3) is 16.8 Å². The van der Waals surface area contributed by atoms with Gasteiger partial charge in [-0.25, -0.2) is 4.98 Å². The van der Waals surface area contributed by atoms with Crippen LogP contribution >= 0.6 is 11.3 Å². The molecule has 25 heavy (non-hydrogen) atoms. The Hall–Kier alpha value is -2.34. The Labute approximate surface area is 151 Å². The summed E-state index contributed by atoms with van der Waals surface area (Å²) in [6.07, 6.45) is 2.45. The molecule has 5 nitrogen and oxygen atoms in total. The van der Waals surface area contributed by atoms with Crippen LogP contribution in [-0.4, -0.2) is 40.5 Å². The molecular weight excluding hydrogens is 334 g/mol. The van der Waals surface area contributed by atoms with Gasteiger partial charge in [-0.1, -0.05) is 12.1 Å². The summed E-state index contributed by atoms with van der Waals surface area (Å²) in [5, 5.41) is 21.8. The van der Waals surface area contributed by atoms with E-state index in [0.29, 0.717) is 22.3 Å².